The Balaban J connectivity index is 1.56. The molecule has 1 heterocycles. The Morgan fingerprint density at radius 1 is 1.07 bits per heavy atom. The van der Waals surface area contributed by atoms with Crippen molar-refractivity contribution in [2.45, 2.75) is 20.8 Å². The Hall–Kier alpha value is -2.76. The topological polar surface area (TPSA) is 63.8 Å². The van der Waals surface area contributed by atoms with Crippen LogP contribution >= 0.6 is 23.2 Å². The van der Waals surface area contributed by atoms with Gasteiger partial charge in [0.2, 0.25) is 0 Å². The molecule has 0 aliphatic heterocycles. The van der Waals surface area contributed by atoms with Crippen molar-refractivity contribution in [3.63, 3.8) is 0 Å². The molecule has 1 amide bonds. The van der Waals surface area contributed by atoms with Gasteiger partial charge in [0.25, 0.3) is 5.91 Å². The van der Waals surface area contributed by atoms with Crippen molar-refractivity contribution in [1.82, 2.24) is 5.43 Å². The largest absolute Gasteiger partial charge is 0.483 e. The molecule has 0 aliphatic carbocycles. The van der Waals surface area contributed by atoms with Gasteiger partial charge in [-0.2, -0.15) is 5.10 Å². The number of nitrogens with zero attached hydrogens (tertiary/aromatic N) is 1. The van der Waals surface area contributed by atoms with E-state index < -0.39 is 0 Å². The van der Waals surface area contributed by atoms with Crippen LogP contribution < -0.4 is 10.2 Å². The molecule has 0 unspecified atom stereocenters. The predicted molar refractivity (Wildman–Crippen MR) is 116 cm³/mol. The van der Waals surface area contributed by atoms with Crippen molar-refractivity contribution in [1.29, 1.82) is 0 Å². The lowest BCUT2D eigenvalue weighted by Crippen LogP contribution is -2.25. The number of aryl methyl sites for hydroxylation is 2. The molecule has 150 valence electrons. The van der Waals surface area contributed by atoms with Crippen LogP contribution in [-0.2, 0) is 4.79 Å². The minimum atomic E-state index is -0.363. The third-order valence-corrected chi connectivity index (χ3v) is 5.17. The third kappa shape index (κ3) is 5.19. The van der Waals surface area contributed by atoms with Gasteiger partial charge in [-0.15, -0.1) is 0 Å². The molecule has 3 aromatic rings. The SMILES string of the molecule is Cc1ccc(C)c(OCC(=O)N/N=C/c2ccc(-c3ccc(Cl)c(Cl)c3)o2)c1C. The standard InChI is InChI=1S/C22H20Cl2N2O3/c1-13-4-5-14(2)22(15(13)3)28-12-21(27)26-25-11-17-7-9-20(29-17)16-6-8-18(23)19(24)10-16/h4-11H,12H2,1-3H3,(H,26,27)/b25-11+. The number of hydrazone groups is 1. The van der Waals surface area contributed by atoms with E-state index in [1.807, 2.05) is 39.0 Å². The fraction of sp³-hybridized carbons (Fsp3) is 0.182. The summed E-state index contributed by atoms with van der Waals surface area (Å²) in [4.78, 5) is 12.0. The number of carbonyl (C=O) groups is 1. The highest BCUT2D eigenvalue weighted by atomic mass is 35.5. The number of carbonyl (C=O) groups excluding carboxylic acids is 1. The van der Waals surface area contributed by atoms with Crippen LogP contribution in [0.2, 0.25) is 10.0 Å². The molecule has 0 saturated heterocycles. The first-order valence-corrected chi connectivity index (χ1v) is 9.67. The predicted octanol–water partition coefficient (Wildman–Crippen LogP) is 5.71. The second kappa shape index (κ2) is 9.16. The number of furan rings is 1. The molecule has 1 aromatic heterocycles. The Morgan fingerprint density at radius 2 is 1.83 bits per heavy atom. The lowest BCUT2D eigenvalue weighted by Gasteiger charge is -2.13. The highest BCUT2D eigenvalue weighted by molar-refractivity contribution is 6.42. The first-order chi connectivity index (χ1) is 13.8. The van der Waals surface area contributed by atoms with Crippen LogP contribution in [0.15, 0.2) is 52.0 Å². The van der Waals surface area contributed by atoms with Gasteiger partial charge in [0.1, 0.15) is 17.3 Å². The number of rotatable bonds is 6. The van der Waals surface area contributed by atoms with E-state index in [-0.39, 0.29) is 12.5 Å². The Kier molecular flexibility index (Phi) is 6.62. The second-order valence-corrected chi connectivity index (χ2v) is 7.38. The highest BCUT2D eigenvalue weighted by Gasteiger charge is 2.09. The number of hydrogen-bond acceptors (Lipinski definition) is 4. The van der Waals surface area contributed by atoms with Crippen molar-refractivity contribution in [3.8, 4) is 17.1 Å². The van der Waals surface area contributed by atoms with E-state index in [1.165, 1.54) is 6.21 Å². The minimum Gasteiger partial charge on any atom is -0.483 e. The third-order valence-electron chi connectivity index (χ3n) is 4.43. The number of benzene rings is 2. The molecule has 29 heavy (non-hydrogen) atoms. The number of amides is 1. The molecule has 5 nitrogen and oxygen atoms in total. The quantitative estimate of drug-likeness (QED) is 0.402. The van der Waals surface area contributed by atoms with Crippen molar-refractivity contribution >= 4 is 35.3 Å². The number of hydrogen-bond donors (Lipinski definition) is 1. The average molecular weight is 431 g/mol. The van der Waals surface area contributed by atoms with Gasteiger partial charge in [0, 0.05) is 5.56 Å². The molecule has 3 rings (SSSR count). The van der Waals surface area contributed by atoms with Crippen LogP contribution in [0.1, 0.15) is 22.5 Å². The van der Waals surface area contributed by atoms with Gasteiger partial charge in [-0.1, -0.05) is 35.3 Å². The molecule has 1 N–H and O–H groups in total. The summed E-state index contributed by atoms with van der Waals surface area (Å²) in [5, 5.41) is 4.83. The summed E-state index contributed by atoms with van der Waals surface area (Å²) >= 11 is 12.0. The summed E-state index contributed by atoms with van der Waals surface area (Å²) in [6.45, 7) is 5.78. The van der Waals surface area contributed by atoms with Crippen molar-refractivity contribution in [2.24, 2.45) is 5.10 Å². The zero-order valence-electron chi connectivity index (χ0n) is 16.3. The van der Waals surface area contributed by atoms with Gasteiger partial charge in [-0.05, 0) is 67.8 Å². The van der Waals surface area contributed by atoms with Gasteiger partial charge in [-0.3, -0.25) is 4.79 Å². The highest BCUT2D eigenvalue weighted by Crippen LogP contribution is 2.29. The zero-order chi connectivity index (χ0) is 21.0. The summed E-state index contributed by atoms with van der Waals surface area (Å²) in [5.74, 6) is 1.46. The Labute approximate surface area is 179 Å². The van der Waals surface area contributed by atoms with E-state index in [9.17, 15) is 4.79 Å². The van der Waals surface area contributed by atoms with Gasteiger partial charge in [-0.25, -0.2) is 5.43 Å². The molecule has 0 saturated carbocycles. The van der Waals surface area contributed by atoms with Crippen LogP contribution in [0.3, 0.4) is 0 Å². The first-order valence-electron chi connectivity index (χ1n) is 8.92. The molecular weight excluding hydrogens is 411 g/mol. The maximum atomic E-state index is 12.0. The lowest BCUT2D eigenvalue weighted by atomic mass is 10.1. The summed E-state index contributed by atoms with van der Waals surface area (Å²) < 4.78 is 11.3. The van der Waals surface area contributed by atoms with Crippen LogP contribution in [0.4, 0.5) is 0 Å². The van der Waals surface area contributed by atoms with E-state index in [1.54, 1.807) is 24.3 Å². The maximum Gasteiger partial charge on any atom is 0.277 e. The molecule has 7 heteroatoms. The van der Waals surface area contributed by atoms with Crippen molar-refractivity contribution in [3.05, 3.63) is 75.0 Å². The number of ether oxygens (including phenoxy) is 1. The van der Waals surface area contributed by atoms with Crippen molar-refractivity contribution in [2.75, 3.05) is 6.61 Å². The molecule has 0 bridgehead atoms. The van der Waals surface area contributed by atoms with Crippen LogP contribution in [0.5, 0.6) is 5.75 Å². The van der Waals surface area contributed by atoms with E-state index in [0.29, 0.717) is 21.6 Å². The van der Waals surface area contributed by atoms with Crippen LogP contribution in [0.25, 0.3) is 11.3 Å². The van der Waals surface area contributed by atoms with E-state index in [4.69, 9.17) is 32.4 Å². The Morgan fingerprint density at radius 3 is 2.59 bits per heavy atom. The van der Waals surface area contributed by atoms with E-state index >= 15 is 0 Å². The van der Waals surface area contributed by atoms with Crippen molar-refractivity contribution < 1.29 is 13.9 Å². The molecule has 0 atom stereocenters. The maximum absolute atomic E-state index is 12.0. The van der Waals surface area contributed by atoms with Gasteiger partial charge in [0.15, 0.2) is 6.61 Å². The zero-order valence-corrected chi connectivity index (χ0v) is 17.8. The molecule has 2 aromatic carbocycles. The molecular formula is C22H20Cl2N2O3. The lowest BCUT2D eigenvalue weighted by molar-refractivity contribution is -0.123. The molecule has 0 fully saturated rings. The van der Waals surface area contributed by atoms with Gasteiger partial charge in [0.05, 0.1) is 16.3 Å². The van der Waals surface area contributed by atoms with Crippen LogP contribution in [0, 0.1) is 20.8 Å². The summed E-state index contributed by atoms with van der Waals surface area (Å²) in [6, 6.07) is 12.7. The fourth-order valence-electron chi connectivity index (χ4n) is 2.71. The normalized spacial score (nSPS) is 11.1. The van der Waals surface area contributed by atoms with E-state index in [2.05, 4.69) is 10.5 Å². The van der Waals surface area contributed by atoms with Gasteiger partial charge < -0.3 is 9.15 Å². The Bertz CT molecular complexity index is 1070. The fourth-order valence-corrected chi connectivity index (χ4v) is 3.01. The minimum absolute atomic E-state index is 0.130. The average Bonchev–Trinajstić information content (AvgIpc) is 3.16. The smallest absolute Gasteiger partial charge is 0.277 e. The van der Waals surface area contributed by atoms with Crippen LogP contribution in [-0.4, -0.2) is 18.7 Å². The van der Waals surface area contributed by atoms with Gasteiger partial charge >= 0.3 is 0 Å². The second-order valence-electron chi connectivity index (χ2n) is 6.57. The summed E-state index contributed by atoms with van der Waals surface area (Å²) in [5.41, 5.74) is 6.33. The number of halogens is 2. The summed E-state index contributed by atoms with van der Waals surface area (Å²) in [6.07, 6.45) is 1.42. The number of nitrogens with one attached hydrogen (secondary N) is 1. The summed E-state index contributed by atoms with van der Waals surface area (Å²) in [7, 11) is 0. The molecule has 0 radical (unpaired) electrons. The molecule has 0 spiro atoms. The van der Waals surface area contributed by atoms with E-state index in [0.717, 1.165) is 28.0 Å². The first kappa shape index (κ1) is 21.0. The monoisotopic (exact) mass is 430 g/mol. The molecule has 0 aliphatic rings.